The van der Waals surface area contributed by atoms with Crippen molar-refractivity contribution in [3.63, 3.8) is 0 Å². The molecule has 0 aliphatic heterocycles. The third-order valence-corrected chi connectivity index (χ3v) is 3.72. The molecule has 0 heterocycles. The predicted octanol–water partition coefficient (Wildman–Crippen LogP) is 3.63. The molecule has 0 unspecified atom stereocenters. The second kappa shape index (κ2) is 25.5. The van der Waals surface area contributed by atoms with Crippen LogP contribution in [0.25, 0.3) is 0 Å². The minimum absolute atomic E-state index is 0.570. The maximum Gasteiger partial charge on any atom is 0.0701 e. The Morgan fingerprint density at radius 1 is 0.481 bits per heavy atom. The molecule has 0 atom stereocenters. The van der Waals surface area contributed by atoms with E-state index in [0.717, 1.165) is 19.4 Å². The zero-order chi connectivity index (χ0) is 19.7. The lowest BCUT2D eigenvalue weighted by atomic mass is 10.2. The van der Waals surface area contributed by atoms with Gasteiger partial charge in [-0.3, -0.25) is 0 Å². The highest BCUT2D eigenvalue weighted by atomic mass is 16.6. The van der Waals surface area contributed by atoms with Crippen LogP contribution in [0.15, 0.2) is 12.7 Å². The first-order valence-electron chi connectivity index (χ1n) is 10.5. The highest BCUT2D eigenvalue weighted by molar-refractivity contribution is 4.64. The van der Waals surface area contributed by atoms with Crippen molar-refractivity contribution < 1.29 is 28.4 Å². The van der Waals surface area contributed by atoms with Crippen LogP contribution in [0.2, 0.25) is 0 Å². The third-order valence-electron chi connectivity index (χ3n) is 3.72. The second-order valence-electron chi connectivity index (χ2n) is 6.17. The summed E-state index contributed by atoms with van der Waals surface area (Å²) in [4.78, 5) is 0. The number of ether oxygens (including phenoxy) is 6. The van der Waals surface area contributed by atoms with Gasteiger partial charge in [0.05, 0.1) is 72.7 Å². The number of rotatable bonds is 24. The summed E-state index contributed by atoms with van der Waals surface area (Å²) in [6.45, 7) is 13.4. The second-order valence-corrected chi connectivity index (χ2v) is 6.17. The molecule has 0 aliphatic rings. The minimum atomic E-state index is 0.570. The molecule has 27 heavy (non-hydrogen) atoms. The van der Waals surface area contributed by atoms with Crippen LogP contribution in [0.4, 0.5) is 0 Å². The van der Waals surface area contributed by atoms with Crippen LogP contribution in [0.3, 0.4) is 0 Å². The molecule has 162 valence electrons. The van der Waals surface area contributed by atoms with Crippen LogP contribution < -0.4 is 0 Å². The molecule has 0 spiro atoms. The van der Waals surface area contributed by atoms with Gasteiger partial charge in [0.25, 0.3) is 0 Å². The van der Waals surface area contributed by atoms with Crippen LogP contribution in [0, 0.1) is 0 Å². The smallest absolute Gasteiger partial charge is 0.0701 e. The van der Waals surface area contributed by atoms with E-state index in [-0.39, 0.29) is 0 Å². The van der Waals surface area contributed by atoms with E-state index in [1.807, 2.05) is 6.08 Å². The van der Waals surface area contributed by atoms with Crippen molar-refractivity contribution in [2.24, 2.45) is 0 Å². The first kappa shape index (κ1) is 26.5. The summed E-state index contributed by atoms with van der Waals surface area (Å²) in [5.41, 5.74) is 0. The molecule has 0 rings (SSSR count). The molecule has 0 saturated carbocycles. The largest absolute Gasteiger partial charge is 0.379 e. The SMILES string of the molecule is C=CCCOCCOCCOCCOCCOCCOCCCCCCC. The van der Waals surface area contributed by atoms with Gasteiger partial charge in [-0.1, -0.05) is 38.7 Å². The average molecular weight is 391 g/mol. The highest BCUT2D eigenvalue weighted by Crippen LogP contribution is 2.02. The molecule has 0 amide bonds. The lowest BCUT2D eigenvalue weighted by Crippen LogP contribution is -2.14. The summed E-state index contributed by atoms with van der Waals surface area (Å²) in [5.74, 6) is 0. The predicted molar refractivity (Wildman–Crippen MR) is 108 cm³/mol. The standard InChI is InChI=1S/C21H42O6/c1-3-5-7-8-9-11-23-13-15-25-17-19-27-21-20-26-18-16-24-14-12-22-10-6-4-2/h4H,2-3,5-21H2,1H3. The van der Waals surface area contributed by atoms with Crippen LogP contribution >= 0.6 is 0 Å². The molecule has 0 saturated heterocycles. The van der Waals surface area contributed by atoms with E-state index in [1.54, 1.807) is 0 Å². The summed E-state index contributed by atoms with van der Waals surface area (Å²) < 4.78 is 32.6. The third kappa shape index (κ3) is 25.5. The van der Waals surface area contributed by atoms with Crippen LogP contribution in [0.5, 0.6) is 0 Å². The molecule has 0 aromatic carbocycles. The molecule has 6 nitrogen and oxygen atoms in total. The molecule has 6 heteroatoms. The van der Waals surface area contributed by atoms with Crippen molar-refractivity contribution in [3.05, 3.63) is 12.7 Å². The lowest BCUT2D eigenvalue weighted by molar-refractivity contribution is -0.0166. The molecule has 0 aromatic heterocycles. The summed E-state index contributed by atoms with van der Waals surface area (Å²) in [7, 11) is 0. The topological polar surface area (TPSA) is 55.4 Å². The van der Waals surface area contributed by atoms with Gasteiger partial charge in [-0.05, 0) is 12.8 Å². The lowest BCUT2D eigenvalue weighted by Gasteiger charge is -2.08. The summed E-state index contributed by atoms with van der Waals surface area (Å²) in [6, 6.07) is 0. The average Bonchev–Trinajstić information content (AvgIpc) is 2.68. The van der Waals surface area contributed by atoms with Gasteiger partial charge < -0.3 is 28.4 Å². The van der Waals surface area contributed by atoms with E-state index in [9.17, 15) is 0 Å². The monoisotopic (exact) mass is 390 g/mol. The Hall–Kier alpha value is -0.500. The zero-order valence-electron chi connectivity index (χ0n) is 17.5. The molecule has 0 N–H and O–H groups in total. The van der Waals surface area contributed by atoms with Crippen molar-refractivity contribution >= 4 is 0 Å². The maximum absolute atomic E-state index is 5.53. The van der Waals surface area contributed by atoms with E-state index in [4.69, 9.17) is 28.4 Å². The quantitative estimate of drug-likeness (QED) is 0.185. The number of unbranched alkanes of at least 4 members (excludes halogenated alkanes) is 4. The fourth-order valence-electron chi connectivity index (χ4n) is 2.18. The maximum atomic E-state index is 5.53. The van der Waals surface area contributed by atoms with E-state index in [2.05, 4.69) is 13.5 Å². The highest BCUT2D eigenvalue weighted by Gasteiger charge is 1.94. The fourth-order valence-corrected chi connectivity index (χ4v) is 2.18. The Balaban J connectivity index is 2.96. The Morgan fingerprint density at radius 2 is 0.852 bits per heavy atom. The van der Waals surface area contributed by atoms with Gasteiger partial charge >= 0.3 is 0 Å². The van der Waals surface area contributed by atoms with Crippen molar-refractivity contribution in [2.45, 2.75) is 45.4 Å². The van der Waals surface area contributed by atoms with Gasteiger partial charge in [0.1, 0.15) is 0 Å². The molecule has 0 bridgehead atoms. The Kier molecular flexibility index (Phi) is 25.0. The first-order chi connectivity index (χ1) is 13.4. The Morgan fingerprint density at radius 3 is 1.26 bits per heavy atom. The van der Waals surface area contributed by atoms with Gasteiger partial charge in [-0.25, -0.2) is 0 Å². The summed E-state index contributed by atoms with van der Waals surface area (Å²) >= 11 is 0. The van der Waals surface area contributed by atoms with Gasteiger partial charge in [0.2, 0.25) is 0 Å². The van der Waals surface area contributed by atoms with Crippen molar-refractivity contribution in [3.8, 4) is 0 Å². The fraction of sp³-hybridized carbons (Fsp3) is 0.905. The van der Waals surface area contributed by atoms with Crippen molar-refractivity contribution in [1.29, 1.82) is 0 Å². The molecular formula is C21H42O6. The molecule has 0 fully saturated rings. The Bertz CT molecular complexity index is 275. The molecular weight excluding hydrogens is 348 g/mol. The summed E-state index contributed by atoms with van der Waals surface area (Å²) in [5, 5.41) is 0. The normalized spacial score (nSPS) is 11.1. The van der Waals surface area contributed by atoms with E-state index >= 15 is 0 Å². The van der Waals surface area contributed by atoms with E-state index in [1.165, 1.54) is 25.7 Å². The van der Waals surface area contributed by atoms with Gasteiger partial charge in [-0.15, -0.1) is 6.58 Å². The first-order valence-corrected chi connectivity index (χ1v) is 10.5. The van der Waals surface area contributed by atoms with Gasteiger partial charge in [0.15, 0.2) is 0 Å². The van der Waals surface area contributed by atoms with Gasteiger partial charge in [0, 0.05) is 6.61 Å². The Labute approximate surface area is 166 Å². The van der Waals surface area contributed by atoms with E-state index in [0.29, 0.717) is 72.7 Å². The number of hydrogen-bond donors (Lipinski definition) is 0. The number of hydrogen-bond acceptors (Lipinski definition) is 6. The van der Waals surface area contributed by atoms with Crippen LogP contribution in [-0.4, -0.2) is 79.3 Å². The minimum Gasteiger partial charge on any atom is -0.379 e. The molecule has 0 aromatic rings. The van der Waals surface area contributed by atoms with Crippen molar-refractivity contribution in [1.82, 2.24) is 0 Å². The van der Waals surface area contributed by atoms with Crippen molar-refractivity contribution in [2.75, 3.05) is 79.3 Å². The zero-order valence-corrected chi connectivity index (χ0v) is 17.5. The summed E-state index contributed by atoms with van der Waals surface area (Å²) in [6.07, 6.45) is 9.06. The van der Waals surface area contributed by atoms with Gasteiger partial charge in [-0.2, -0.15) is 0 Å². The van der Waals surface area contributed by atoms with E-state index < -0.39 is 0 Å². The molecule has 0 radical (unpaired) electrons. The van der Waals surface area contributed by atoms with Crippen LogP contribution in [-0.2, 0) is 28.4 Å². The molecule has 0 aliphatic carbocycles. The van der Waals surface area contributed by atoms with Crippen LogP contribution in [0.1, 0.15) is 45.4 Å².